The molecule has 1 rings (SSSR count). The van der Waals surface area contributed by atoms with Crippen LogP contribution in [0.15, 0.2) is 16.7 Å². The van der Waals surface area contributed by atoms with Crippen molar-refractivity contribution < 1.29 is 19.1 Å². The summed E-state index contributed by atoms with van der Waals surface area (Å²) >= 11 is 1.66. The van der Waals surface area contributed by atoms with Gasteiger partial charge in [-0.3, -0.25) is 9.59 Å². The van der Waals surface area contributed by atoms with Gasteiger partial charge < -0.3 is 14.4 Å². The van der Waals surface area contributed by atoms with E-state index in [2.05, 4.69) is 0 Å². The fourth-order valence-electron chi connectivity index (χ4n) is 1.55. The largest absolute Gasteiger partial charge is 0.481 e. The van der Waals surface area contributed by atoms with Gasteiger partial charge in [-0.1, -0.05) is 0 Å². The normalized spacial score (nSPS) is 12.2. The predicted molar refractivity (Wildman–Crippen MR) is 70.0 cm³/mol. The molecule has 1 aromatic heterocycles. The summed E-state index contributed by atoms with van der Waals surface area (Å²) in [7, 11) is 1.71. The molecule has 1 aromatic rings. The van der Waals surface area contributed by atoms with Crippen LogP contribution in [-0.4, -0.2) is 47.0 Å². The standard InChI is InChI=1S/C12H17NO4S/c1-8(7-18-3)13(2)12(16)9-4-5-17-10(9)6-11(14)15/h4-5,8H,6-7H2,1-3H3,(H,14,15). The van der Waals surface area contributed by atoms with Gasteiger partial charge in [0.2, 0.25) is 0 Å². The van der Waals surface area contributed by atoms with Crippen LogP contribution in [0.2, 0.25) is 0 Å². The minimum Gasteiger partial charge on any atom is -0.481 e. The van der Waals surface area contributed by atoms with Gasteiger partial charge in [-0.05, 0) is 19.2 Å². The lowest BCUT2D eigenvalue weighted by Gasteiger charge is -2.24. The van der Waals surface area contributed by atoms with Crippen molar-refractivity contribution in [3.63, 3.8) is 0 Å². The van der Waals surface area contributed by atoms with Gasteiger partial charge in [0.05, 0.1) is 11.8 Å². The van der Waals surface area contributed by atoms with Crippen LogP contribution in [0.3, 0.4) is 0 Å². The SMILES string of the molecule is CSCC(C)N(C)C(=O)c1ccoc1CC(=O)O. The van der Waals surface area contributed by atoms with Crippen molar-refractivity contribution in [2.45, 2.75) is 19.4 Å². The number of furan rings is 1. The Morgan fingerprint density at radius 3 is 2.78 bits per heavy atom. The van der Waals surface area contributed by atoms with Gasteiger partial charge in [-0.25, -0.2) is 0 Å². The van der Waals surface area contributed by atoms with Gasteiger partial charge in [0, 0.05) is 18.8 Å². The van der Waals surface area contributed by atoms with Crippen LogP contribution in [0.25, 0.3) is 0 Å². The third-order valence-electron chi connectivity index (χ3n) is 2.68. The zero-order valence-electron chi connectivity index (χ0n) is 10.7. The molecule has 6 heteroatoms. The van der Waals surface area contributed by atoms with Gasteiger partial charge in [0.1, 0.15) is 12.2 Å². The molecule has 0 bridgehead atoms. The molecule has 18 heavy (non-hydrogen) atoms. The fourth-order valence-corrected chi connectivity index (χ4v) is 2.25. The van der Waals surface area contributed by atoms with Crippen molar-refractivity contribution in [3.8, 4) is 0 Å². The highest BCUT2D eigenvalue weighted by Gasteiger charge is 2.22. The molecule has 0 aliphatic carbocycles. The van der Waals surface area contributed by atoms with Crippen molar-refractivity contribution in [1.29, 1.82) is 0 Å². The van der Waals surface area contributed by atoms with Crippen LogP contribution < -0.4 is 0 Å². The number of hydrogen-bond acceptors (Lipinski definition) is 4. The molecule has 1 heterocycles. The molecule has 0 fully saturated rings. The molecular formula is C12H17NO4S. The monoisotopic (exact) mass is 271 g/mol. The first-order chi connectivity index (χ1) is 8.47. The first kappa shape index (κ1) is 14.6. The minimum absolute atomic E-state index is 0.0834. The highest BCUT2D eigenvalue weighted by molar-refractivity contribution is 7.98. The quantitative estimate of drug-likeness (QED) is 0.853. The van der Waals surface area contributed by atoms with Crippen LogP contribution >= 0.6 is 11.8 Å². The van der Waals surface area contributed by atoms with E-state index in [1.165, 1.54) is 12.3 Å². The Bertz CT molecular complexity index is 429. The van der Waals surface area contributed by atoms with E-state index in [0.717, 1.165) is 5.75 Å². The van der Waals surface area contributed by atoms with Gasteiger partial charge in [-0.2, -0.15) is 11.8 Å². The van der Waals surface area contributed by atoms with Crippen LogP contribution in [0.5, 0.6) is 0 Å². The second kappa shape index (κ2) is 6.49. The first-order valence-electron chi connectivity index (χ1n) is 5.51. The summed E-state index contributed by atoms with van der Waals surface area (Å²) in [5, 5.41) is 8.74. The second-order valence-electron chi connectivity index (χ2n) is 4.05. The summed E-state index contributed by atoms with van der Waals surface area (Å²) in [4.78, 5) is 24.5. The third-order valence-corrected chi connectivity index (χ3v) is 3.49. The molecule has 0 saturated heterocycles. The molecule has 0 aliphatic rings. The van der Waals surface area contributed by atoms with E-state index in [4.69, 9.17) is 9.52 Å². The average Bonchev–Trinajstić information content (AvgIpc) is 2.74. The Kier molecular flexibility index (Phi) is 5.27. The van der Waals surface area contributed by atoms with Crippen molar-refractivity contribution in [1.82, 2.24) is 4.90 Å². The molecule has 1 unspecified atom stereocenters. The number of hydrogen-bond donors (Lipinski definition) is 1. The van der Waals surface area contributed by atoms with E-state index in [1.54, 1.807) is 23.7 Å². The van der Waals surface area contributed by atoms with Crippen molar-refractivity contribution in [2.24, 2.45) is 0 Å². The smallest absolute Gasteiger partial charge is 0.311 e. The summed E-state index contributed by atoms with van der Waals surface area (Å²) in [6, 6.07) is 1.60. The van der Waals surface area contributed by atoms with Gasteiger partial charge in [0.25, 0.3) is 5.91 Å². The predicted octanol–water partition coefficient (Wildman–Crippen LogP) is 1.73. The Hall–Kier alpha value is -1.43. The molecule has 1 amide bonds. The highest BCUT2D eigenvalue weighted by atomic mass is 32.2. The van der Waals surface area contributed by atoms with Crippen LogP contribution in [0.4, 0.5) is 0 Å². The Morgan fingerprint density at radius 1 is 1.56 bits per heavy atom. The maximum Gasteiger partial charge on any atom is 0.311 e. The summed E-state index contributed by atoms with van der Waals surface area (Å²) in [6.45, 7) is 1.95. The molecule has 0 aromatic carbocycles. The highest BCUT2D eigenvalue weighted by Crippen LogP contribution is 2.16. The van der Waals surface area contributed by atoms with E-state index in [9.17, 15) is 9.59 Å². The maximum atomic E-state index is 12.2. The van der Waals surface area contributed by atoms with Crippen LogP contribution in [0, 0.1) is 0 Å². The van der Waals surface area contributed by atoms with E-state index in [-0.39, 0.29) is 24.1 Å². The van der Waals surface area contributed by atoms with Crippen LogP contribution in [-0.2, 0) is 11.2 Å². The minimum atomic E-state index is -1.01. The Labute approximate surface area is 110 Å². The molecular weight excluding hydrogens is 254 g/mol. The summed E-state index contributed by atoms with van der Waals surface area (Å²) < 4.78 is 5.05. The topological polar surface area (TPSA) is 70.8 Å². The third kappa shape index (κ3) is 3.53. The summed E-state index contributed by atoms with van der Waals surface area (Å²) in [6.07, 6.45) is 3.04. The number of thioether (sulfide) groups is 1. The number of carbonyl (C=O) groups is 2. The maximum absolute atomic E-state index is 12.2. The number of nitrogens with zero attached hydrogens (tertiary/aromatic N) is 1. The van der Waals surface area contributed by atoms with Gasteiger partial charge >= 0.3 is 5.97 Å². The van der Waals surface area contributed by atoms with Crippen molar-refractivity contribution >= 4 is 23.6 Å². The van der Waals surface area contributed by atoms with E-state index in [0.29, 0.717) is 5.56 Å². The average molecular weight is 271 g/mol. The number of carbonyl (C=O) groups excluding carboxylic acids is 1. The number of carboxylic acid groups (broad SMARTS) is 1. The molecule has 0 saturated carbocycles. The lowest BCUT2D eigenvalue weighted by Crippen LogP contribution is -2.36. The van der Waals surface area contributed by atoms with E-state index < -0.39 is 5.97 Å². The number of aliphatic carboxylic acids is 1. The van der Waals surface area contributed by atoms with Gasteiger partial charge in [0.15, 0.2) is 0 Å². The summed E-state index contributed by atoms with van der Waals surface area (Å²) in [5.74, 6) is -0.190. The lowest BCUT2D eigenvalue weighted by atomic mass is 10.1. The molecule has 100 valence electrons. The number of carboxylic acids is 1. The molecule has 1 N–H and O–H groups in total. The lowest BCUT2D eigenvalue weighted by molar-refractivity contribution is -0.136. The fraction of sp³-hybridized carbons (Fsp3) is 0.500. The van der Waals surface area contributed by atoms with Crippen LogP contribution in [0.1, 0.15) is 23.0 Å². The number of amides is 1. The van der Waals surface area contributed by atoms with E-state index >= 15 is 0 Å². The molecule has 1 atom stereocenters. The number of rotatable bonds is 6. The zero-order chi connectivity index (χ0) is 13.7. The first-order valence-corrected chi connectivity index (χ1v) is 6.91. The van der Waals surface area contributed by atoms with E-state index in [1.807, 2.05) is 13.2 Å². The van der Waals surface area contributed by atoms with Crippen molar-refractivity contribution in [2.75, 3.05) is 19.1 Å². The Balaban J connectivity index is 2.83. The molecule has 0 radical (unpaired) electrons. The second-order valence-corrected chi connectivity index (χ2v) is 4.96. The molecule has 5 nitrogen and oxygen atoms in total. The summed E-state index contributed by atoms with van der Waals surface area (Å²) in [5.41, 5.74) is 0.327. The van der Waals surface area contributed by atoms with Gasteiger partial charge in [-0.15, -0.1) is 0 Å². The molecule has 0 spiro atoms. The Morgan fingerprint density at radius 2 is 2.22 bits per heavy atom. The van der Waals surface area contributed by atoms with Crippen molar-refractivity contribution in [3.05, 3.63) is 23.7 Å². The molecule has 0 aliphatic heterocycles. The zero-order valence-corrected chi connectivity index (χ0v) is 11.5.